The maximum absolute atomic E-state index is 10.6. The molecule has 66 valence electrons. The van der Waals surface area contributed by atoms with Crippen LogP contribution in [0.2, 0.25) is 0 Å². The van der Waals surface area contributed by atoms with E-state index in [1.54, 1.807) is 0 Å². The van der Waals surface area contributed by atoms with Crippen LogP contribution in [0.4, 0.5) is 0 Å². The van der Waals surface area contributed by atoms with Gasteiger partial charge in [-0.25, -0.2) is 4.98 Å². The number of oxazole rings is 1. The monoisotopic (exact) mass is 168 g/mol. The zero-order chi connectivity index (χ0) is 8.97. The topological polar surface area (TPSA) is 69.1 Å². The standard InChI is InChI=1S/C8H12N2O2/c1-2-7(9)6(5-11)8-10-3-4-12-8/h3-7H,2,9H2,1H3/t6?,7-/m0/s1. The lowest BCUT2D eigenvalue weighted by Crippen LogP contribution is -2.28. The molecular formula is C8H12N2O2. The lowest BCUT2D eigenvalue weighted by atomic mass is 10.0. The molecule has 0 radical (unpaired) electrons. The van der Waals surface area contributed by atoms with Gasteiger partial charge in [0.2, 0.25) is 5.89 Å². The van der Waals surface area contributed by atoms with E-state index in [4.69, 9.17) is 10.2 Å². The Kier molecular flexibility index (Phi) is 2.99. The van der Waals surface area contributed by atoms with E-state index in [9.17, 15) is 4.79 Å². The third-order valence-corrected chi connectivity index (χ3v) is 1.82. The molecule has 0 spiro atoms. The van der Waals surface area contributed by atoms with E-state index >= 15 is 0 Å². The van der Waals surface area contributed by atoms with Gasteiger partial charge in [0.15, 0.2) is 0 Å². The van der Waals surface area contributed by atoms with Crippen molar-refractivity contribution in [2.75, 3.05) is 0 Å². The number of nitrogens with zero attached hydrogens (tertiary/aromatic N) is 1. The Morgan fingerprint density at radius 1 is 1.83 bits per heavy atom. The molecule has 0 aliphatic heterocycles. The summed E-state index contributed by atoms with van der Waals surface area (Å²) in [4.78, 5) is 14.5. The SMILES string of the molecule is CC[C@H](N)C(C=O)c1ncco1. The minimum atomic E-state index is -0.412. The highest BCUT2D eigenvalue weighted by molar-refractivity contribution is 5.60. The van der Waals surface area contributed by atoms with Crippen LogP contribution in [0.3, 0.4) is 0 Å². The van der Waals surface area contributed by atoms with Crippen LogP contribution in [0.1, 0.15) is 25.2 Å². The molecule has 0 fully saturated rings. The minimum absolute atomic E-state index is 0.207. The largest absolute Gasteiger partial charge is 0.448 e. The highest BCUT2D eigenvalue weighted by atomic mass is 16.3. The van der Waals surface area contributed by atoms with Crippen molar-refractivity contribution in [2.45, 2.75) is 25.3 Å². The highest BCUT2D eigenvalue weighted by Gasteiger charge is 2.21. The summed E-state index contributed by atoms with van der Waals surface area (Å²) in [5, 5.41) is 0. The van der Waals surface area contributed by atoms with Gasteiger partial charge >= 0.3 is 0 Å². The highest BCUT2D eigenvalue weighted by Crippen LogP contribution is 2.15. The number of hydrogen-bond donors (Lipinski definition) is 1. The second-order valence-electron chi connectivity index (χ2n) is 2.60. The van der Waals surface area contributed by atoms with Gasteiger partial charge < -0.3 is 14.9 Å². The summed E-state index contributed by atoms with van der Waals surface area (Å²) in [6, 6.07) is -0.207. The molecule has 4 nitrogen and oxygen atoms in total. The van der Waals surface area contributed by atoms with Crippen molar-refractivity contribution in [3.63, 3.8) is 0 Å². The minimum Gasteiger partial charge on any atom is -0.448 e. The molecule has 0 aromatic carbocycles. The normalized spacial score (nSPS) is 15.5. The van der Waals surface area contributed by atoms with Crippen molar-refractivity contribution in [3.05, 3.63) is 18.4 Å². The quantitative estimate of drug-likeness (QED) is 0.672. The summed E-state index contributed by atoms with van der Waals surface area (Å²) in [6.07, 6.45) is 4.45. The summed E-state index contributed by atoms with van der Waals surface area (Å²) in [5.41, 5.74) is 5.69. The number of hydrogen-bond acceptors (Lipinski definition) is 4. The first kappa shape index (κ1) is 8.93. The molecule has 2 atom stereocenters. The van der Waals surface area contributed by atoms with E-state index < -0.39 is 5.92 Å². The van der Waals surface area contributed by atoms with Crippen molar-refractivity contribution in [2.24, 2.45) is 5.73 Å². The second kappa shape index (κ2) is 4.01. The molecule has 0 aliphatic rings. The van der Waals surface area contributed by atoms with E-state index in [2.05, 4.69) is 4.98 Å². The Hall–Kier alpha value is -1.16. The lowest BCUT2D eigenvalue weighted by molar-refractivity contribution is -0.109. The molecule has 0 amide bonds. The van der Waals surface area contributed by atoms with Gasteiger partial charge in [0.1, 0.15) is 18.5 Å². The average Bonchev–Trinajstić information content (AvgIpc) is 2.58. The van der Waals surface area contributed by atoms with E-state index in [0.29, 0.717) is 5.89 Å². The Balaban J connectivity index is 2.76. The Morgan fingerprint density at radius 3 is 3.00 bits per heavy atom. The molecule has 0 saturated heterocycles. The summed E-state index contributed by atoms with van der Waals surface area (Å²) < 4.78 is 4.99. The fourth-order valence-corrected chi connectivity index (χ4v) is 0.995. The van der Waals surface area contributed by atoms with Crippen molar-refractivity contribution in [3.8, 4) is 0 Å². The zero-order valence-electron chi connectivity index (χ0n) is 6.93. The maximum Gasteiger partial charge on any atom is 0.205 e. The van der Waals surface area contributed by atoms with Gasteiger partial charge in [-0.05, 0) is 6.42 Å². The Labute approximate surface area is 70.8 Å². The molecule has 1 heterocycles. The third kappa shape index (κ3) is 1.71. The zero-order valence-corrected chi connectivity index (χ0v) is 6.93. The first-order chi connectivity index (χ1) is 5.79. The molecule has 1 rings (SSSR count). The summed E-state index contributed by atoms with van der Waals surface area (Å²) in [7, 11) is 0. The summed E-state index contributed by atoms with van der Waals surface area (Å²) >= 11 is 0. The first-order valence-corrected chi connectivity index (χ1v) is 3.89. The lowest BCUT2D eigenvalue weighted by Gasteiger charge is -2.12. The fraction of sp³-hybridized carbons (Fsp3) is 0.500. The summed E-state index contributed by atoms with van der Waals surface area (Å²) in [5.74, 6) is -0.00986. The van der Waals surface area contributed by atoms with Crippen LogP contribution >= 0.6 is 0 Å². The molecule has 0 saturated carbocycles. The number of aldehydes is 1. The molecule has 0 bridgehead atoms. The molecule has 0 aliphatic carbocycles. The van der Waals surface area contributed by atoms with Crippen LogP contribution < -0.4 is 5.73 Å². The molecule has 4 heteroatoms. The average molecular weight is 168 g/mol. The molecule has 12 heavy (non-hydrogen) atoms. The second-order valence-corrected chi connectivity index (χ2v) is 2.60. The third-order valence-electron chi connectivity index (χ3n) is 1.82. The van der Waals surface area contributed by atoms with Crippen molar-refractivity contribution >= 4 is 6.29 Å². The predicted octanol–water partition coefficient (Wildman–Crippen LogP) is 0.694. The fourth-order valence-electron chi connectivity index (χ4n) is 0.995. The van der Waals surface area contributed by atoms with Gasteiger partial charge in [0, 0.05) is 6.04 Å². The number of nitrogens with two attached hydrogens (primary N) is 1. The number of aromatic nitrogens is 1. The Morgan fingerprint density at radius 2 is 2.58 bits per heavy atom. The van der Waals surface area contributed by atoms with E-state index in [0.717, 1.165) is 12.7 Å². The van der Waals surface area contributed by atoms with Gasteiger partial charge in [-0.3, -0.25) is 0 Å². The number of carbonyl (C=O) groups excluding carboxylic acids is 1. The van der Waals surface area contributed by atoms with Gasteiger partial charge in [-0.2, -0.15) is 0 Å². The van der Waals surface area contributed by atoms with Crippen molar-refractivity contribution in [1.29, 1.82) is 0 Å². The van der Waals surface area contributed by atoms with Crippen molar-refractivity contribution in [1.82, 2.24) is 4.98 Å². The number of rotatable bonds is 4. The molecule has 1 unspecified atom stereocenters. The van der Waals surface area contributed by atoms with Crippen LogP contribution in [-0.2, 0) is 4.79 Å². The number of carbonyl (C=O) groups is 1. The molecule has 1 aromatic heterocycles. The smallest absolute Gasteiger partial charge is 0.205 e. The van der Waals surface area contributed by atoms with Crippen LogP contribution in [0.5, 0.6) is 0 Å². The van der Waals surface area contributed by atoms with Gasteiger partial charge in [-0.1, -0.05) is 6.92 Å². The first-order valence-electron chi connectivity index (χ1n) is 3.89. The Bertz CT molecular complexity index is 233. The molecule has 2 N–H and O–H groups in total. The van der Waals surface area contributed by atoms with E-state index in [1.165, 1.54) is 12.5 Å². The maximum atomic E-state index is 10.6. The van der Waals surface area contributed by atoms with Crippen LogP contribution in [0.15, 0.2) is 16.9 Å². The van der Waals surface area contributed by atoms with Crippen LogP contribution in [-0.4, -0.2) is 17.3 Å². The predicted molar refractivity (Wildman–Crippen MR) is 43.6 cm³/mol. The van der Waals surface area contributed by atoms with Crippen molar-refractivity contribution < 1.29 is 9.21 Å². The molecular weight excluding hydrogens is 156 g/mol. The van der Waals surface area contributed by atoms with E-state index in [-0.39, 0.29) is 6.04 Å². The van der Waals surface area contributed by atoms with E-state index in [1.807, 2.05) is 6.92 Å². The van der Waals surface area contributed by atoms with Crippen LogP contribution in [0.25, 0.3) is 0 Å². The van der Waals surface area contributed by atoms with Crippen LogP contribution in [0, 0.1) is 0 Å². The van der Waals surface area contributed by atoms with Gasteiger partial charge in [-0.15, -0.1) is 0 Å². The molecule has 1 aromatic rings. The summed E-state index contributed by atoms with van der Waals surface area (Å²) in [6.45, 7) is 1.92. The van der Waals surface area contributed by atoms with Gasteiger partial charge in [0.25, 0.3) is 0 Å². The van der Waals surface area contributed by atoms with Gasteiger partial charge in [0.05, 0.1) is 6.20 Å².